The molecule has 1 aliphatic heterocycles. The first-order valence-corrected chi connectivity index (χ1v) is 8.04. The summed E-state index contributed by atoms with van der Waals surface area (Å²) in [6, 6.07) is 7.35. The average Bonchev–Trinajstić information content (AvgIpc) is 2.94. The number of benzene rings is 1. The van der Waals surface area contributed by atoms with Gasteiger partial charge in [0.25, 0.3) is 0 Å². The SMILES string of the molecule is CNC(CCCC1CCCO1)Cc1cc(C)ccc1C. The van der Waals surface area contributed by atoms with Crippen molar-refractivity contribution in [2.45, 2.75) is 64.5 Å². The van der Waals surface area contributed by atoms with Gasteiger partial charge in [-0.25, -0.2) is 0 Å². The first-order chi connectivity index (χ1) is 9.69. The Bertz CT molecular complexity index is 410. The molecule has 1 aromatic rings. The third-order valence-corrected chi connectivity index (χ3v) is 4.48. The van der Waals surface area contributed by atoms with E-state index in [1.54, 1.807) is 0 Å². The highest BCUT2D eigenvalue weighted by Gasteiger charge is 2.16. The van der Waals surface area contributed by atoms with E-state index in [-0.39, 0.29) is 0 Å². The van der Waals surface area contributed by atoms with Crippen LogP contribution in [0.1, 0.15) is 48.8 Å². The fraction of sp³-hybridized carbons (Fsp3) is 0.667. The van der Waals surface area contributed by atoms with Crippen LogP contribution in [0.25, 0.3) is 0 Å². The number of aryl methyl sites for hydroxylation is 2. The van der Waals surface area contributed by atoms with Crippen molar-refractivity contribution in [3.63, 3.8) is 0 Å². The predicted molar refractivity (Wildman–Crippen MR) is 85.3 cm³/mol. The molecule has 1 saturated heterocycles. The zero-order valence-electron chi connectivity index (χ0n) is 13.2. The summed E-state index contributed by atoms with van der Waals surface area (Å²) in [7, 11) is 2.09. The van der Waals surface area contributed by atoms with Crippen molar-refractivity contribution in [1.29, 1.82) is 0 Å². The highest BCUT2D eigenvalue weighted by Crippen LogP contribution is 2.20. The lowest BCUT2D eigenvalue weighted by Crippen LogP contribution is -2.28. The van der Waals surface area contributed by atoms with Crippen LogP contribution in [0.4, 0.5) is 0 Å². The highest BCUT2D eigenvalue weighted by molar-refractivity contribution is 5.31. The number of nitrogens with one attached hydrogen (secondary N) is 1. The molecule has 112 valence electrons. The Hall–Kier alpha value is -0.860. The molecule has 0 aliphatic carbocycles. The molecule has 2 nitrogen and oxygen atoms in total. The van der Waals surface area contributed by atoms with Crippen molar-refractivity contribution in [1.82, 2.24) is 5.32 Å². The van der Waals surface area contributed by atoms with Crippen molar-refractivity contribution < 1.29 is 4.74 Å². The second kappa shape index (κ2) is 7.80. The summed E-state index contributed by atoms with van der Waals surface area (Å²) in [6.45, 7) is 5.37. The molecule has 2 rings (SSSR count). The molecule has 20 heavy (non-hydrogen) atoms. The van der Waals surface area contributed by atoms with E-state index in [1.165, 1.54) is 48.8 Å². The molecule has 0 bridgehead atoms. The summed E-state index contributed by atoms with van der Waals surface area (Å²) in [5.74, 6) is 0. The van der Waals surface area contributed by atoms with E-state index in [4.69, 9.17) is 4.74 Å². The monoisotopic (exact) mass is 275 g/mol. The van der Waals surface area contributed by atoms with Crippen LogP contribution < -0.4 is 5.32 Å². The Kier molecular flexibility index (Phi) is 6.06. The van der Waals surface area contributed by atoms with E-state index in [9.17, 15) is 0 Å². The molecule has 0 spiro atoms. The molecule has 1 N–H and O–H groups in total. The van der Waals surface area contributed by atoms with Gasteiger partial charge in [-0.1, -0.05) is 23.8 Å². The van der Waals surface area contributed by atoms with Crippen molar-refractivity contribution >= 4 is 0 Å². The number of ether oxygens (including phenoxy) is 1. The number of hydrogen-bond donors (Lipinski definition) is 1. The molecule has 1 aliphatic rings. The van der Waals surface area contributed by atoms with Crippen LogP contribution in [0.3, 0.4) is 0 Å². The summed E-state index contributed by atoms with van der Waals surface area (Å²) in [6.07, 6.45) is 7.92. The van der Waals surface area contributed by atoms with Gasteiger partial charge >= 0.3 is 0 Å². The molecule has 2 heteroatoms. The summed E-state index contributed by atoms with van der Waals surface area (Å²) >= 11 is 0. The lowest BCUT2D eigenvalue weighted by Gasteiger charge is -2.19. The largest absolute Gasteiger partial charge is 0.378 e. The fourth-order valence-electron chi connectivity index (χ4n) is 3.10. The summed E-state index contributed by atoms with van der Waals surface area (Å²) in [4.78, 5) is 0. The lowest BCUT2D eigenvalue weighted by molar-refractivity contribution is 0.101. The fourth-order valence-corrected chi connectivity index (χ4v) is 3.10. The maximum atomic E-state index is 5.70. The molecule has 1 heterocycles. The number of rotatable bonds is 7. The summed E-state index contributed by atoms with van der Waals surface area (Å²) in [5, 5.41) is 3.48. The molecule has 2 unspecified atom stereocenters. The normalized spacial score (nSPS) is 20.2. The standard InChI is InChI=1S/C18H29NO/c1-14-9-10-15(2)16(12-14)13-17(19-3)6-4-7-18-8-5-11-20-18/h9-10,12,17-19H,4-8,11,13H2,1-3H3. The zero-order chi connectivity index (χ0) is 14.4. The second-order valence-electron chi connectivity index (χ2n) is 6.19. The van der Waals surface area contributed by atoms with Crippen molar-refractivity contribution in [2.75, 3.05) is 13.7 Å². The molecule has 1 aromatic carbocycles. The van der Waals surface area contributed by atoms with Gasteiger partial charge in [0.15, 0.2) is 0 Å². The average molecular weight is 275 g/mol. The van der Waals surface area contributed by atoms with Gasteiger partial charge in [-0.05, 0) is 70.5 Å². The molecule has 1 fully saturated rings. The van der Waals surface area contributed by atoms with Gasteiger partial charge in [-0.3, -0.25) is 0 Å². The Morgan fingerprint density at radius 1 is 1.35 bits per heavy atom. The van der Waals surface area contributed by atoms with Crippen LogP contribution >= 0.6 is 0 Å². The van der Waals surface area contributed by atoms with E-state index in [1.807, 2.05) is 0 Å². The van der Waals surface area contributed by atoms with Gasteiger partial charge in [0.2, 0.25) is 0 Å². The van der Waals surface area contributed by atoms with Gasteiger partial charge < -0.3 is 10.1 Å². The maximum Gasteiger partial charge on any atom is 0.0576 e. The lowest BCUT2D eigenvalue weighted by atomic mass is 9.95. The second-order valence-corrected chi connectivity index (χ2v) is 6.19. The van der Waals surface area contributed by atoms with Crippen molar-refractivity contribution in [2.24, 2.45) is 0 Å². The zero-order valence-corrected chi connectivity index (χ0v) is 13.2. The molecular weight excluding hydrogens is 246 g/mol. The van der Waals surface area contributed by atoms with Gasteiger partial charge in [0.1, 0.15) is 0 Å². The number of likely N-dealkylation sites (N-methyl/N-ethyl adjacent to an activating group) is 1. The number of hydrogen-bond acceptors (Lipinski definition) is 2. The molecule has 0 aromatic heterocycles. The first kappa shape index (κ1) is 15.5. The van der Waals surface area contributed by atoms with E-state index >= 15 is 0 Å². The molecule has 0 amide bonds. The van der Waals surface area contributed by atoms with Crippen LogP contribution in [-0.4, -0.2) is 25.8 Å². The van der Waals surface area contributed by atoms with E-state index in [0.29, 0.717) is 12.1 Å². The van der Waals surface area contributed by atoms with E-state index in [2.05, 4.69) is 44.4 Å². The maximum absolute atomic E-state index is 5.70. The molecular formula is C18H29NO. The van der Waals surface area contributed by atoms with Crippen LogP contribution in [-0.2, 0) is 11.2 Å². The minimum Gasteiger partial charge on any atom is -0.378 e. The van der Waals surface area contributed by atoms with Crippen LogP contribution in [0.2, 0.25) is 0 Å². The molecule has 0 saturated carbocycles. The Labute approximate surface area is 123 Å². The van der Waals surface area contributed by atoms with Crippen LogP contribution in [0.15, 0.2) is 18.2 Å². The Morgan fingerprint density at radius 3 is 2.90 bits per heavy atom. The smallest absolute Gasteiger partial charge is 0.0576 e. The Morgan fingerprint density at radius 2 is 2.20 bits per heavy atom. The minimum absolute atomic E-state index is 0.535. The molecule has 0 radical (unpaired) electrons. The quantitative estimate of drug-likeness (QED) is 0.817. The van der Waals surface area contributed by atoms with Crippen molar-refractivity contribution in [3.05, 3.63) is 34.9 Å². The summed E-state index contributed by atoms with van der Waals surface area (Å²) in [5.41, 5.74) is 4.26. The summed E-state index contributed by atoms with van der Waals surface area (Å²) < 4.78 is 5.70. The van der Waals surface area contributed by atoms with Gasteiger partial charge in [0.05, 0.1) is 6.10 Å². The third kappa shape index (κ3) is 4.60. The predicted octanol–water partition coefficient (Wildman–Crippen LogP) is 3.78. The van der Waals surface area contributed by atoms with E-state index in [0.717, 1.165) is 13.0 Å². The molecule has 2 atom stereocenters. The van der Waals surface area contributed by atoms with Crippen molar-refractivity contribution in [3.8, 4) is 0 Å². The highest BCUT2D eigenvalue weighted by atomic mass is 16.5. The van der Waals surface area contributed by atoms with Gasteiger partial charge in [-0.15, -0.1) is 0 Å². The topological polar surface area (TPSA) is 21.3 Å². The van der Waals surface area contributed by atoms with Gasteiger partial charge in [0, 0.05) is 12.6 Å². The Balaban J connectivity index is 1.80. The van der Waals surface area contributed by atoms with Crippen LogP contribution in [0, 0.1) is 13.8 Å². The van der Waals surface area contributed by atoms with E-state index < -0.39 is 0 Å². The third-order valence-electron chi connectivity index (χ3n) is 4.48. The first-order valence-electron chi connectivity index (χ1n) is 8.04. The van der Waals surface area contributed by atoms with Gasteiger partial charge in [-0.2, -0.15) is 0 Å². The minimum atomic E-state index is 0.535. The van der Waals surface area contributed by atoms with Crippen LogP contribution in [0.5, 0.6) is 0 Å².